The van der Waals surface area contributed by atoms with Crippen LogP contribution in [0.3, 0.4) is 0 Å². The second-order valence-electron chi connectivity index (χ2n) is 0.415. The molecular weight excluding hydrogens is 142 g/mol. The van der Waals surface area contributed by atoms with Crippen LogP contribution in [0.15, 0.2) is 0 Å². The Balaban J connectivity index is 0. The first-order chi connectivity index (χ1) is 2.00. The van der Waals surface area contributed by atoms with Crippen molar-refractivity contribution in [1.82, 2.24) is 0 Å². The van der Waals surface area contributed by atoms with E-state index in [-0.39, 0.29) is 29.6 Å². The fourth-order valence-corrected chi connectivity index (χ4v) is 0. The van der Waals surface area contributed by atoms with E-state index >= 15 is 0 Å². The molecule has 6 heavy (non-hydrogen) atoms. The van der Waals surface area contributed by atoms with Crippen LogP contribution in [0.25, 0.3) is 0 Å². The summed E-state index contributed by atoms with van der Waals surface area (Å²) < 4.78 is 31.8. The van der Waals surface area contributed by atoms with Crippen LogP contribution >= 0.6 is 0 Å². The van der Waals surface area contributed by atoms with Crippen molar-refractivity contribution in [3.05, 3.63) is 0 Å². The monoisotopic (exact) mass is 144 g/mol. The van der Waals surface area contributed by atoms with Gasteiger partial charge in [-0.15, -0.1) is 0 Å². The molecule has 0 atom stereocenters. The van der Waals surface area contributed by atoms with Gasteiger partial charge in [-0.05, 0) is 0 Å². The Kier molecular flexibility index (Phi) is 5.22. The van der Waals surface area contributed by atoms with Gasteiger partial charge in [0.05, 0.1) is 0 Å². The number of hydrogen-bond donors (Lipinski definition) is 2. The summed E-state index contributed by atoms with van der Waals surface area (Å²) in [6, 6.07) is 0. The maximum atomic E-state index is 8.80. The summed E-state index contributed by atoms with van der Waals surface area (Å²) in [5, 5.41) is 0. The number of rotatable bonds is 0. The van der Waals surface area contributed by atoms with Crippen LogP contribution in [0, 0.1) is 0 Å². The molecule has 6 heteroatoms. The molecule has 2 N–H and O–H groups in total. The molecule has 1 radical (unpaired) electrons. The Hall–Kier alpha value is 1.04. The van der Waals surface area contributed by atoms with Gasteiger partial charge < -0.3 is 0 Å². The van der Waals surface area contributed by atoms with Crippen LogP contribution in [0.5, 0.6) is 0 Å². The molecule has 0 fully saturated rings. The molecule has 0 aromatic rings. The van der Waals surface area contributed by atoms with E-state index < -0.39 is 13.4 Å². The standard InChI is InChI=1S/Mn.Na.2H2O.2O/h;;2*1H2;;/q+2;;;;;/p-2. The summed E-state index contributed by atoms with van der Waals surface area (Å²) in [5.41, 5.74) is 0. The van der Waals surface area contributed by atoms with Gasteiger partial charge in [-0.1, -0.05) is 0 Å². The zero-order chi connectivity index (χ0) is 4.50. The Morgan fingerprint density at radius 3 is 1.17 bits per heavy atom. The predicted octanol–water partition coefficient (Wildman–Crippen LogP) is -1.73. The van der Waals surface area contributed by atoms with E-state index in [9.17, 15) is 0 Å². The number of hydrogen-bond acceptors (Lipinski definition) is 2. The molecule has 0 aliphatic heterocycles. The average Bonchev–Trinajstić information content (AvgIpc) is 0.722. The predicted molar refractivity (Wildman–Crippen MR) is 11.6 cm³/mol. The maximum absolute atomic E-state index is 8.80. The van der Waals surface area contributed by atoms with E-state index in [2.05, 4.69) is 0 Å². The normalized spacial score (nSPS) is 9.67. The molecule has 0 spiro atoms. The van der Waals surface area contributed by atoms with Crippen molar-refractivity contribution in [2.45, 2.75) is 0 Å². The van der Waals surface area contributed by atoms with Gasteiger partial charge in [0.15, 0.2) is 0 Å². The van der Waals surface area contributed by atoms with Crippen LogP contribution in [-0.2, 0) is 21.0 Å². The summed E-state index contributed by atoms with van der Waals surface area (Å²) in [5.74, 6) is 0. The SMILES string of the molecule is [Na].[O]=[Mn](=[O])([OH])[OH]. The zero-order valence-electron chi connectivity index (χ0n) is 3.09. The molecule has 0 aromatic carbocycles. The van der Waals surface area contributed by atoms with Crippen LogP contribution in [0.1, 0.15) is 0 Å². The molecule has 4 nitrogen and oxygen atoms in total. The van der Waals surface area contributed by atoms with Crippen LogP contribution in [-0.4, -0.2) is 37.9 Å². The third kappa shape index (κ3) is 76.1. The van der Waals surface area contributed by atoms with Crippen LogP contribution in [0.4, 0.5) is 0 Å². The van der Waals surface area contributed by atoms with E-state index in [1.807, 2.05) is 0 Å². The van der Waals surface area contributed by atoms with Crippen molar-refractivity contribution < 1.29 is 29.4 Å². The van der Waals surface area contributed by atoms with Crippen molar-refractivity contribution >= 4 is 29.6 Å². The topological polar surface area (TPSA) is 74.6 Å². The van der Waals surface area contributed by atoms with Crippen molar-refractivity contribution in [2.75, 3.05) is 0 Å². The molecule has 0 saturated heterocycles. The Morgan fingerprint density at radius 2 is 1.17 bits per heavy atom. The Labute approximate surface area is 58.7 Å². The first-order valence-electron chi connectivity index (χ1n) is 0.647. The van der Waals surface area contributed by atoms with Gasteiger partial charge in [-0.3, -0.25) is 0 Å². The molecule has 0 aromatic heterocycles. The van der Waals surface area contributed by atoms with Gasteiger partial charge in [0.25, 0.3) is 0 Å². The van der Waals surface area contributed by atoms with E-state index in [0.29, 0.717) is 0 Å². The minimum atomic E-state index is -5.12. The molecule has 0 heterocycles. The van der Waals surface area contributed by atoms with Gasteiger partial charge in [0, 0.05) is 29.6 Å². The molecule has 34 valence electrons. The van der Waals surface area contributed by atoms with E-state index in [1.54, 1.807) is 0 Å². The molecule has 0 rings (SSSR count). The summed E-state index contributed by atoms with van der Waals surface area (Å²) in [6.07, 6.45) is 0. The van der Waals surface area contributed by atoms with E-state index in [1.165, 1.54) is 0 Å². The summed E-state index contributed by atoms with van der Waals surface area (Å²) >= 11 is -5.12. The molecular formula is H2MnNaO4. The molecule has 0 unspecified atom stereocenters. The fourth-order valence-electron chi connectivity index (χ4n) is 0. The summed E-state index contributed by atoms with van der Waals surface area (Å²) in [6.45, 7) is 0. The van der Waals surface area contributed by atoms with Gasteiger partial charge in [0.1, 0.15) is 0 Å². The van der Waals surface area contributed by atoms with Crippen molar-refractivity contribution in [3.63, 3.8) is 0 Å². The van der Waals surface area contributed by atoms with Crippen LogP contribution < -0.4 is 0 Å². The Morgan fingerprint density at radius 1 is 1.17 bits per heavy atom. The summed E-state index contributed by atoms with van der Waals surface area (Å²) in [7, 11) is 0. The first kappa shape index (κ1) is 10.1. The Bertz CT molecular complexity index is 90.7. The third-order valence-electron chi connectivity index (χ3n) is 0. The summed E-state index contributed by atoms with van der Waals surface area (Å²) in [4.78, 5) is 0. The van der Waals surface area contributed by atoms with E-state index in [0.717, 1.165) is 0 Å². The second-order valence-corrected chi connectivity index (χ2v) is 1.71. The molecule has 0 saturated carbocycles. The molecule has 0 bridgehead atoms. The second kappa shape index (κ2) is 3.10. The van der Waals surface area contributed by atoms with Crippen molar-refractivity contribution in [2.24, 2.45) is 0 Å². The van der Waals surface area contributed by atoms with E-state index in [4.69, 9.17) is 16.0 Å². The van der Waals surface area contributed by atoms with Gasteiger partial charge in [0.2, 0.25) is 0 Å². The van der Waals surface area contributed by atoms with Gasteiger partial charge >= 0.3 is 29.4 Å². The van der Waals surface area contributed by atoms with Gasteiger partial charge in [-0.2, -0.15) is 0 Å². The zero-order valence-corrected chi connectivity index (χ0v) is 6.27. The van der Waals surface area contributed by atoms with Gasteiger partial charge in [-0.25, -0.2) is 0 Å². The minimum absolute atomic E-state index is 0. The first-order valence-corrected chi connectivity index (χ1v) is 2.67. The molecule has 0 amide bonds. The van der Waals surface area contributed by atoms with Crippen molar-refractivity contribution in [1.29, 1.82) is 0 Å². The average molecular weight is 144 g/mol. The third-order valence-corrected chi connectivity index (χ3v) is 0. The fraction of sp³-hybridized carbons (Fsp3) is 0. The quantitative estimate of drug-likeness (QED) is 0.396. The molecule has 0 aliphatic rings. The van der Waals surface area contributed by atoms with Crippen LogP contribution in [0.2, 0.25) is 0 Å². The van der Waals surface area contributed by atoms with Crippen molar-refractivity contribution in [3.8, 4) is 0 Å². The molecule has 0 aliphatic carbocycles.